The number of carbonyl (C=O) groups excluding carboxylic acids is 2. The molecule has 1 N–H and O–H groups in total. The van der Waals surface area contributed by atoms with Crippen LogP contribution in [0.3, 0.4) is 0 Å². The molecule has 4 nitrogen and oxygen atoms in total. The first-order chi connectivity index (χ1) is 9.52. The Bertz CT molecular complexity index is 350. The van der Waals surface area contributed by atoms with Gasteiger partial charge in [0.1, 0.15) is 0 Å². The number of rotatable bonds is 10. The van der Waals surface area contributed by atoms with Crippen LogP contribution < -0.4 is 0 Å². The number of hydrogen-bond donors (Lipinski definition) is 1. The second kappa shape index (κ2) is 8.00. The number of hydrogen-bond acceptors (Lipinski definition) is 3. The molecule has 0 radical (unpaired) electrons. The molecule has 0 spiro atoms. The summed E-state index contributed by atoms with van der Waals surface area (Å²) in [6.45, 7) is 7.84. The van der Waals surface area contributed by atoms with Crippen LogP contribution in [0, 0.1) is 0 Å². The van der Waals surface area contributed by atoms with Gasteiger partial charge in [-0.15, -0.1) is 13.2 Å². The SMILES string of the molecule is C=CCC(O)(CC=C)CCCCCN1C(=O)CCC1=O. The molecule has 112 valence electrons. The Kier molecular flexibility index (Phi) is 6.65. The number of carbonyl (C=O) groups is 2. The van der Waals surface area contributed by atoms with Gasteiger partial charge in [0.25, 0.3) is 0 Å². The predicted octanol–water partition coefficient (Wildman–Crippen LogP) is 2.58. The van der Waals surface area contributed by atoms with E-state index >= 15 is 0 Å². The first-order valence-corrected chi connectivity index (χ1v) is 7.30. The summed E-state index contributed by atoms with van der Waals surface area (Å²) in [5, 5.41) is 10.3. The van der Waals surface area contributed by atoms with Crippen molar-refractivity contribution in [1.82, 2.24) is 4.90 Å². The van der Waals surface area contributed by atoms with Crippen molar-refractivity contribution < 1.29 is 14.7 Å². The third-order valence-corrected chi connectivity index (χ3v) is 3.73. The third-order valence-electron chi connectivity index (χ3n) is 3.73. The van der Waals surface area contributed by atoms with E-state index in [1.54, 1.807) is 12.2 Å². The van der Waals surface area contributed by atoms with Gasteiger partial charge in [-0.2, -0.15) is 0 Å². The van der Waals surface area contributed by atoms with Gasteiger partial charge in [0, 0.05) is 19.4 Å². The molecule has 1 rings (SSSR count). The Labute approximate surface area is 121 Å². The van der Waals surface area contributed by atoms with Crippen LogP contribution in [0.1, 0.15) is 51.4 Å². The fourth-order valence-corrected chi connectivity index (χ4v) is 2.60. The fraction of sp³-hybridized carbons (Fsp3) is 0.625. The molecule has 0 saturated carbocycles. The Morgan fingerprint density at radius 2 is 1.60 bits per heavy atom. The van der Waals surface area contributed by atoms with Gasteiger partial charge in [0.2, 0.25) is 11.8 Å². The van der Waals surface area contributed by atoms with E-state index in [-0.39, 0.29) is 11.8 Å². The second-order valence-electron chi connectivity index (χ2n) is 5.46. The number of likely N-dealkylation sites (tertiary alicyclic amines) is 1. The van der Waals surface area contributed by atoms with Crippen molar-refractivity contribution in [3.8, 4) is 0 Å². The van der Waals surface area contributed by atoms with Crippen molar-refractivity contribution in [2.75, 3.05) is 6.54 Å². The molecule has 0 unspecified atom stereocenters. The molecule has 1 saturated heterocycles. The molecule has 1 heterocycles. The standard InChI is InChI=1S/C16H25NO3/c1-3-10-16(20,11-4-2)12-6-5-7-13-17-14(18)8-9-15(17)19/h3-4,20H,1-2,5-13H2. The Morgan fingerprint density at radius 1 is 1.05 bits per heavy atom. The minimum Gasteiger partial charge on any atom is -0.389 e. The van der Waals surface area contributed by atoms with Crippen molar-refractivity contribution >= 4 is 11.8 Å². The average Bonchev–Trinajstić information content (AvgIpc) is 2.70. The highest BCUT2D eigenvalue weighted by molar-refractivity contribution is 6.01. The quantitative estimate of drug-likeness (QED) is 0.380. The largest absolute Gasteiger partial charge is 0.389 e. The van der Waals surface area contributed by atoms with Crippen molar-refractivity contribution in [1.29, 1.82) is 0 Å². The summed E-state index contributed by atoms with van der Waals surface area (Å²) in [7, 11) is 0. The first kappa shape index (κ1) is 16.6. The highest BCUT2D eigenvalue weighted by Gasteiger charge is 2.28. The monoisotopic (exact) mass is 279 g/mol. The summed E-state index contributed by atoms with van der Waals surface area (Å²) in [5.74, 6) is -0.102. The lowest BCUT2D eigenvalue weighted by atomic mass is 9.89. The summed E-state index contributed by atoms with van der Waals surface area (Å²) >= 11 is 0. The number of aliphatic hydroxyl groups is 1. The van der Waals surface area contributed by atoms with Gasteiger partial charge in [-0.05, 0) is 25.7 Å². The lowest BCUT2D eigenvalue weighted by Crippen LogP contribution is -2.30. The van der Waals surface area contributed by atoms with Crippen molar-refractivity contribution in [3.63, 3.8) is 0 Å². The Morgan fingerprint density at radius 3 is 2.10 bits per heavy atom. The maximum atomic E-state index is 11.4. The van der Waals surface area contributed by atoms with Gasteiger partial charge in [0.05, 0.1) is 5.60 Å². The highest BCUT2D eigenvalue weighted by atomic mass is 16.3. The van der Waals surface area contributed by atoms with E-state index < -0.39 is 5.60 Å². The van der Waals surface area contributed by atoms with E-state index in [4.69, 9.17) is 0 Å². The molecule has 2 amide bonds. The molecule has 0 aromatic carbocycles. The van der Waals surface area contributed by atoms with Crippen LogP contribution in [0.4, 0.5) is 0 Å². The molecule has 4 heteroatoms. The topological polar surface area (TPSA) is 57.6 Å². The number of imide groups is 1. The number of amides is 2. The highest BCUT2D eigenvalue weighted by Crippen LogP contribution is 2.24. The van der Waals surface area contributed by atoms with Crippen LogP contribution >= 0.6 is 0 Å². The minimum absolute atomic E-state index is 0.0511. The molecule has 1 fully saturated rings. The fourth-order valence-electron chi connectivity index (χ4n) is 2.60. The molecule has 1 aliphatic rings. The molecular weight excluding hydrogens is 254 g/mol. The summed E-state index contributed by atoms with van der Waals surface area (Å²) < 4.78 is 0. The van der Waals surface area contributed by atoms with Crippen LogP contribution in [-0.2, 0) is 9.59 Å². The van der Waals surface area contributed by atoms with Crippen molar-refractivity contribution in [3.05, 3.63) is 25.3 Å². The number of unbranched alkanes of at least 4 members (excludes halogenated alkanes) is 2. The van der Waals surface area contributed by atoms with Gasteiger partial charge < -0.3 is 5.11 Å². The normalized spacial score (nSPS) is 15.8. The zero-order valence-corrected chi connectivity index (χ0v) is 12.1. The van der Waals surface area contributed by atoms with Crippen molar-refractivity contribution in [2.24, 2.45) is 0 Å². The second-order valence-corrected chi connectivity index (χ2v) is 5.46. The summed E-state index contributed by atoms with van der Waals surface area (Å²) in [4.78, 5) is 24.2. The molecule has 1 aliphatic heterocycles. The predicted molar refractivity (Wildman–Crippen MR) is 79.0 cm³/mol. The minimum atomic E-state index is -0.747. The zero-order valence-electron chi connectivity index (χ0n) is 12.1. The van der Waals surface area contributed by atoms with E-state index in [1.807, 2.05) is 0 Å². The lowest BCUT2D eigenvalue weighted by molar-refractivity contribution is -0.138. The maximum Gasteiger partial charge on any atom is 0.229 e. The van der Waals surface area contributed by atoms with E-state index in [1.165, 1.54) is 4.90 Å². The molecule has 0 aromatic heterocycles. The summed E-state index contributed by atoms with van der Waals surface area (Å²) in [6, 6.07) is 0. The first-order valence-electron chi connectivity index (χ1n) is 7.30. The zero-order chi connectivity index (χ0) is 15.0. The maximum absolute atomic E-state index is 11.4. The van der Waals surface area contributed by atoms with Gasteiger partial charge in [-0.3, -0.25) is 14.5 Å². The smallest absolute Gasteiger partial charge is 0.229 e. The molecule has 0 aliphatic carbocycles. The van der Waals surface area contributed by atoms with Gasteiger partial charge in [0.15, 0.2) is 0 Å². The Balaban J connectivity index is 2.23. The Hall–Kier alpha value is -1.42. The van der Waals surface area contributed by atoms with Crippen LogP contribution in [-0.4, -0.2) is 34.0 Å². The van der Waals surface area contributed by atoms with Gasteiger partial charge in [-0.1, -0.05) is 25.0 Å². The molecule has 0 aromatic rings. The van der Waals surface area contributed by atoms with E-state index in [2.05, 4.69) is 13.2 Å². The third kappa shape index (κ3) is 4.93. The van der Waals surface area contributed by atoms with Crippen LogP contribution in [0.25, 0.3) is 0 Å². The number of nitrogens with zero attached hydrogens (tertiary/aromatic N) is 1. The van der Waals surface area contributed by atoms with Crippen molar-refractivity contribution in [2.45, 2.75) is 57.0 Å². The summed E-state index contributed by atoms with van der Waals surface area (Å²) in [6.07, 6.45) is 8.54. The van der Waals surface area contributed by atoms with Crippen LogP contribution in [0.2, 0.25) is 0 Å². The van der Waals surface area contributed by atoms with E-state index in [0.717, 1.165) is 19.3 Å². The van der Waals surface area contributed by atoms with Gasteiger partial charge in [-0.25, -0.2) is 0 Å². The molecule has 0 bridgehead atoms. The molecule has 0 atom stereocenters. The average molecular weight is 279 g/mol. The summed E-state index contributed by atoms with van der Waals surface area (Å²) in [5.41, 5.74) is -0.747. The molecular formula is C16H25NO3. The lowest BCUT2D eigenvalue weighted by Gasteiger charge is -2.25. The van der Waals surface area contributed by atoms with Crippen LogP contribution in [0.15, 0.2) is 25.3 Å². The van der Waals surface area contributed by atoms with Crippen LogP contribution in [0.5, 0.6) is 0 Å². The van der Waals surface area contributed by atoms with Gasteiger partial charge >= 0.3 is 0 Å². The van der Waals surface area contributed by atoms with E-state index in [9.17, 15) is 14.7 Å². The molecule has 20 heavy (non-hydrogen) atoms. The van der Waals surface area contributed by atoms with E-state index in [0.29, 0.717) is 38.6 Å².